The molecule has 2 aliphatic heterocycles. The van der Waals surface area contributed by atoms with Crippen LogP contribution in [0.25, 0.3) is 0 Å². The fourth-order valence-corrected chi connectivity index (χ4v) is 3.69. The van der Waals surface area contributed by atoms with Crippen molar-refractivity contribution in [1.82, 2.24) is 9.80 Å². The predicted octanol–water partition coefficient (Wildman–Crippen LogP) is 1.79. The number of amides is 1. The summed E-state index contributed by atoms with van der Waals surface area (Å²) in [6, 6.07) is 8.53. The van der Waals surface area contributed by atoms with E-state index in [4.69, 9.17) is 4.74 Å². The number of ether oxygens (including phenoxy) is 1. The van der Waals surface area contributed by atoms with Crippen molar-refractivity contribution >= 4 is 5.91 Å². The minimum Gasteiger partial charge on any atom is -0.496 e. The van der Waals surface area contributed by atoms with Crippen LogP contribution in [-0.4, -0.2) is 55.5 Å². The van der Waals surface area contributed by atoms with Gasteiger partial charge in [-0.15, -0.1) is 0 Å². The smallest absolute Gasteiger partial charge is 0.222 e. The average Bonchev–Trinajstić information content (AvgIpc) is 3.07. The van der Waals surface area contributed by atoms with Crippen LogP contribution in [0.3, 0.4) is 0 Å². The van der Waals surface area contributed by atoms with E-state index in [1.165, 1.54) is 13.0 Å². The van der Waals surface area contributed by atoms with Crippen LogP contribution < -0.4 is 4.74 Å². The molecular weight excluding hydrogens is 264 g/mol. The van der Waals surface area contributed by atoms with Gasteiger partial charge in [0.05, 0.1) is 7.11 Å². The van der Waals surface area contributed by atoms with Gasteiger partial charge >= 0.3 is 0 Å². The Morgan fingerprint density at radius 3 is 2.90 bits per heavy atom. The monoisotopic (exact) mass is 288 g/mol. The summed E-state index contributed by atoms with van der Waals surface area (Å²) < 4.78 is 5.35. The Morgan fingerprint density at radius 1 is 1.33 bits per heavy atom. The van der Waals surface area contributed by atoms with E-state index in [9.17, 15) is 4.79 Å². The van der Waals surface area contributed by atoms with Gasteiger partial charge in [-0.05, 0) is 44.0 Å². The van der Waals surface area contributed by atoms with Crippen LogP contribution in [0, 0.1) is 5.92 Å². The number of likely N-dealkylation sites (tertiary alicyclic amines) is 2. The summed E-state index contributed by atoms with van der Waals surface area (Å²) >= 11 is 0. The van der Waals surface area contributed by atoms with E-state index in [2.05, 4.69) is 16.8 Å². The number of methoxy groups -OCH3 is 1. The zero-order valence-electron chi connectivity index (χ0n) is 12.9. The van der Waals surface area contributed by atoms with Crippen molar-refractivity contribution in [3.05, 3.63) is 29.8 Å². The van der Waals surface area contributed by atoms with E-state index < -0.39 is 0 Å². The molecule has 1 aromatic rings. The molecule has 2 fully saturated rings. The lowest BCUT2D eigenvalue weighted by molar-refractivity contribution is -0.130. The second-order valence-electron chi connectivity index (χ2n) is 6.21. The highest BCUT2D eigenvalue weighted by Crippen LogP contribution is 2.30. The summed E-state index contributed by atoms with van der Waals surface area (Å²) in [7, 11) is 3.85. The summed E-state index contributed by atoms with van der Waals surface area (Å²) in [5.74, 6) is 1.84. The van der Waals surface area contributed by atoms with Crippen molar-refractivity contribution in [3.8, 4) is 5.75 Å². The molecule has 0 unspecified atom stereocenters. The topological polar surface area (TPSA) is 32.8 Å². The van der Waals surface area contributed by atoms with Gasteiger partial charge < -0.3 is 14.5 Å². The first-order valence-electron chi connectivity index (χ1n) is 7.79. The molecule has 0 N–H and O–H groups in total. The number of rotatable bonds is 4. The first kappa shape index (κ1) is 14.4. The summed E-state index contributed by atoms with van der Waals surface area (Å²) in [5, 5.41) is 0. The fourth-order valence-electron chi connectivity index (χ4n) is 3.69. The van der Waals surface area contributed by atoms with Gasteiger partial charge in [0, 0.05) is 25.6 Å². The fraction of sp³-hybridized carbons (Fsp3) is 0.588. The second kappa shape index (κ2) is 6.06. The van der Waals surface area contributed by atoms with E-state index in [0.717, 1.165) is 30.8 Å². The molecular formula is C17H24N2O2. The minimum atomic E-state index is 0.281. The minimum absolute atomic E-state index is 0.281. The van der Waals surface area contributed by atoms with Crippen LogP contribution in [0.4, 0.5) is 0 Å². The molecule has 0 bridgehead atoms. The van der Waals surface area contributed by atoms with Crippen molar-refractivity contribution in [2.75, 3.05) is 33.8 Å². The van der Waals surface area contributed by atoms with Gasteiger partial charge in [-0.1, -0.05) is 18.2 Å². The Hall–Kier alpha value is -1.55. The number of carbonyl (C=O) groups is 1. The summed E-state index contributed by atoms with van der Waals surface area (Å²) in [6.07, 6.45) is 2.56. The van der Waals surface area contributed by atoms with Crippen LogP contribution in [0.5, 0.6) is 5.75 Å². The van der Waals surface area contributed by atoms with Crippen LogP contribution in [0.1, 0.15) is 18.4 Å². The van der Waals surface area contributed by atoms with Gasteiger partial charge in [-0.25, -0.2) is 0 Å². The number of para-hydroxylation sites is 1. The molecule has 21 heavy (non-hydrogen) atoms. The largest absolute Gasteiger partial charge is 0.496 e. The van der Waals surface area contributed by atoms with E-state index in [1.807, 2.05) is 24.3 Å². The molecule has 2 aliphatic rings. The molecule has 0 aliphatic carbocycles. The van der Waals surface area contributed by atoms with Gasteiger partial charge in [0.25, 0.3) is 0 Å². The highest BCUT2D eigenvalue weighted by atomic mass is 16.5. The molecule has 1 amide bonds. The van der Waals surface area contributed by atoms with Crippen molar-refractivity contribution in [2.45, 2.75) is 25.3 Å². The van der Waals surface area contributed by atoms with E-state index in [-0.39, 0.29) is 5.91 Å². The number of nitrogens with zero attached hydrogens (tertiary/aromatic N) is 2. The van der Waals surface area contributed by atoms with Gasteiger partial charge in [0.15, 0.2) is 0 Å². The Kier molecular flexibility index (Phi) is 4.15. The molecule has 0 radical (unpaired) electrons. The number of hydrogen-bond acceptors (Lipinski definition) is 3. The number of aryl methyl sites for hydroxylation is 1. The Morgan fingerprint density at radius 2 is 2.14 bits per heavy atom. The molecule has 4 heteroatoms. The standard InChI is InChI=1S/C17H24N2O2/c1-18-10-9-14-11-19(12-15(14)18)17(20)8-7-13-5-3-4-6-16(13)21-2/h3-6,14-15H,7-12H2,1-2H3/t14-,15+/m0/s1. The van der Waals surface area contributed by atoms with Crippen LogP contribution in [-0.2, 0) is 11.2 Å². The molecule has 1 aromatic carbocycles. The lowest BCUT2D eigenvalue weighted by Crippen LogP contribution is -2.35. The highest BCUT2D eigenvalue weighted by Gasteiger charge is 2.40. The molecule has 2 heterocycles. The Balaban J connectivity index is 1.55. The first-order chi connectivity index (χ1) is 10.2. The molecule has 114 valence electrons. The second-order valence-corrected chi connectivity index (χ2v) is 6.21. The Bertz CT molecular complexity index is 517. The van der Waals surface area contributed by atoms with Gasteiger partial charge in [0.1, 0.15) is 5.75 Å². The van der Waals surface area contributed by atoms with Crippen LogP contribution in [0.2, 0.25) is 0 Å². The maximum absolute atomic E-state index is 12.4. The molecule has 0 spiro atoms. The molecule has 4 nitrogen and oxygen atoms in total. The maximum atomic E-state index is 12.4. The number of fused-ring (bicyclic) bond motifs is 1. The number of likely N-dealkylation sites (N-methyl/N-ethyl adjacent to an activating group) is 1. The Labute approximate surface area is 126 Å². The van der Waals surface area contributed by atoms with Crippen molar-refractivity contribution in [3.63, 3.8) is 0 Å². The van der Waals surface area contributed by atoms with E-state index in [0.29, 0.717) is 18.4 Å². The molecule has 2 saturated heterocycles. The van der Waals surface area contributed by atoms with Crippen LogP contribution >= 0.6 is 0 Å². The lowest BCUT2D eigenvalue weighted by Gasteiger charge is -2.21. The third-order valence-corrected chi connectivity index (χ3v) is 4.98. The molecule has 0 aromatic heterocycles. The third kappa shape index (κ3) is 2.91. The maximum Gasteiger partial charge on any atom is 0.222 e. The zero-order chi connectivity index (χ0) is 14.8. The number of hydrogen-bond donors (Lipinski definition) is 0. The summed E-state index contributed by atoms with van der Waals surface area (Å²) in [4.78, 5) is 16.9. The molecule has 3 rings (SSSR count). The normalized spacial score (nSPS) is 25.1. The molecule has 0 saturated carbocycles. The quantitative estimate of drug-likeness (QED) is 0.847. The summed E-state index contributed by atoms with van der Waals surface area (Å²) in [5.41, 5.74) is 1.12. The zero-order valence-corrected chi connectivity index (χ0v) is 12.9. The summed E-state index contributed by atoms with van der Waals surface area (Å²) in [6.45, 7) is 3.03. The lowest BCUT2D eigenvalue weighted by atomic mass is 10.1. The predicted molar refractivity (Wildman–Crippen MR) is 82.4 cm³/mol. The van der Waals surface area contributed by atoms with Gasteiger partial charge in [-0.3, -0.25) is 4.79 Å². The van der Waals surface area contributed by atoms with Crippen molar-refractivity contribution < 1.29 is 9.53 Å². The third-order valence-electron chi connectivity index (χ3n) is 4.98. The SMILES string of the molecule is COc1ccccc1CCC(=O)N1C[C@@H]2CCN(C)[C@@H]2C1. The number of carbonyl (C=O) groups excluding carboxylic acids is 1. The highest BCUT2D eigenvalue weighted by molar-refractivity contribution is 5.77. The van der Waals surface area contributed by atoms with E-state index >= 15 is 0 Å². The van der Waals surface area contributed by atoms with E-state index in [1.54, 1.807) is 7.11 Å². The average molecular weight is 288 g/mol. The van der Waals surface area contributed by atoms with Gasteiger partial charge in [0.2, 0.25) is 5.91 Å². The van der Waals surface area contributed by atoms with Gasteiger partial charge in [-0.2, -0.15) is 0 Å². The van der Waals surface area contributed by atoms with Crippen LogP contribution in [0.15, 0.2) is 24.3 Å². The van der Waals surface area contributed by atoms with Crippen molar-refractivity contribution in [2.24, 2.45) is 5.92 Å². The molecule has 2 atom stereocenters. The number of benzene rings is 1. The van der Waals surface area contributed by atoms with Crippen molar-refractivity contribution in [1.29, 1.82) is 0 Å². The first-order valence-corrected chi connectivity index (χ1v) is 7.79.